The molecule has 38 heavy (non-hydrogen) atoms. The van der Waals surface area contributed by atoms with E-state index in [0.717, 1.165) is 65.5 Å². The van der Waals surface area contributed by atoms with Crippen molar-refractivity contribution < 1.29 is 9.53 Å². The summed E-state index contributed by atoms with van der Waals surface area (Å²) in [7, 11) is 2.02. The second kappa shape index (κ2) is 11.8. The standard InChI is InChI=1S/C28H33N7O2S/c1-4-37-26(36)19-35-15-13-34(14-16-35)18-21-11-12-29-24(17-21)31-28-30-23-9-10-25(32-27(23)38-28)33(3)22-7-5-20(2)6-8-22/h5-12,17H,4,13-16,18-19H2,1-3H3,(H,29,30,31). The van der Waals surface area contributed by atoms with E-state index < -0.39 is 0 Å². The number of nitrogens with zero attached hydrogens (tertiary/aromatic N) is 6. The minimum Gasteiger partial charge on any atom is -0.465 e. The molecule has 1 N–H and O–H groups in total. The van der Waals surface area contributed by atoms with E-state index in [1.165, 1.54) is 22.5 Å². The van der Waals surface area contributed by atoms with Crippen molar-refractivity contribution in [3.63, 3.8) is 0 Å². The third-order valence-corrected chi connectivity index (χ3v) is 7.47. The van der Waals surface area contributed by atoms with Gasteiger partial charge in [0.25, 0.3) is 0 Å². The average Bonchev–Trinajstić information content (AvgIpc) is 3.31. The van der Waals surface area contributed by atoms with Gasteiger partial charge >= 0.3 is 5.97 Å². The lowest BCUT2D eigenvalue weighted by atomic mass is 10.2. The molecule has 0 amide bonds. The van der Waals surface area contributed by atoms with Crippen LogP contribution in [0.5, 0.6) is 0 Å². The summed E-state index contributed by atoms with van der Waals surface area (Å²) in [6.07, 6.45) is 1.83. The van der Waals surface area contributed by atoms with Gasteiger partial charge in [-0.25, -0.2) is 15.0 Å². The summed E-state index contributed by atoms with van der Waals surface area (Å²) in [5.41, 5.74) is 4.36. The molecule has 1 aliphatic heterocycles. The zero-order valence-corrected chi connectivity index (χ0v) is 22.9. The number of nitrogens with one attached hydrogen (secondary N) is 1. The number of hydrogen-bond donors (Lipinski definition) is 1. The van der Waals surface area contributed by atoms with E-state index in [4.69, 9.17) is 14.7 Å². The van der Waals surface area contributed by atoms with E-state index in [2.05, 4.69) is 62.3 Å². The van der Waals surface area contributed by atoms with Crippen LogP contribution in [-0.2, 0) is 16.1 Å². The minimum atomic E-state index is -0.148. The van der Waals surface area contributed by atoms with Gasteiger partial charge in [0.05, 0.1) is 13.2 Å². The van der Waals surface area contributed by atoms with Gasteiger partial charge in [-0.15, -0.1) is 0 Å². The maximum Gasteiger partial charge on any atom is 0.320 e. The Morgan fingerprint density at radius 1 is 1.05 bits per heavy atom. The molecule has 0 atom stereocenters. The molecule has 0 bridgehead atoms. The second-order valence-corrected chi connectivity index (χ2v) is 10.4. The normalized spacial score (nSPS) is 14.5. The Hall–Kier alpha value is -3.60. The van der Waals surface area contributed by atoms with Crippen LogP contribution in [0.4, 0.5) is 22.5 Å². The fourth-order valence-corrected chi connectivity index (χ4v) is 5.29. The van der Waals surface area contributed by atoms with Crippen molar-refractivity contribution in [3.8, 4) is 0 Å². The summed E-state index contributed by atoms with van der Waals surface area (Å²) in [4.78, 5) is 33.3. The third kappa shape index (κ3) is 6.45. The zero-order chi connectivity index (χ0) is 26.5. The Morgan fingerprint density at radius 3 is 2.58 bits per heavy atom. The Kier molecular flexibility index (Phi) is 8.11. The zero-order valence-electron chi connectivity index (χ0n) is 22.1. The van der Waals surface area contributed by atoms with Crippen molar-refractivity contribution in [1.82, 2.24) is 24.8 Å². The summed E-state index contributed by atoms with van der Waals surface area (Å²) >= 11 is 1.52. The van der Waals surface area contributed by atoms with E-state index in [0.29, 0.717) is 13.2 Å². The number of fused-ring (bicyclic) bond motifs is 1. The van der Waals surface area contributed by atoms with Gasteiger partial charge in [-0.1, -0.05) is 29.0 Å². The molecular weight excluding hydrogens is 498 g/mol. The van der Waals surface area contributed by atoms with Gasteiger partial charge in [0.15, 0.2) is 5.13 Å². The molecule has 0 saturated carbocycles. The minimum absolute atomic E-state index is 0.148. The molecule has 10 heteroatoms. The van der Waals surface area contributed by atoms with Gasteiger partial charge in [-0.05, 0) is 55.8 Å². The topological polar surface area (TPSA) is 86.7 Å². The Morgan fingerprint density at radius 2 is 1.82 bits per heavy atom. The molecule has 1 aliphatic rings. The Labute approximate surface area is 227 Å². The predicted molar refractivity (Wildman–Crippen MR) is 153 cm³/mol. The van der Waals surface area contributed by atoms with Crippen LogP contribution in [0.2, 0.25) is 0 Å². The van der Waals surface area contributed by atoms with Gasteiger partial charge in [-0.3, -0.25) is 14.6 Å². The van der Waals surface area contributed by atoms with Crippen LogP contribution in [0.25, 0.3) is 10.3 Å². The lowest BCUT2D eigenvalue weighted by Crippen LogP contribution is -2.47. The molecule has 1 aromatic carbocycles. The van der Waals surface area contributed by atoms with E-state index in [9.17, 15) is 4.79 Å². The molecule has 198 valence electrons. The number of benzene rings is 1. The van der Waals surface area contributed by atoms with Gasteiger partial charge < -0.3 is 15.0 Å². The fraction of sp³-hybridized carbons (Fsp3) is 0.357. The number of anilines is 4. The van der Waals surface area contributed by atoms with Crippen molar-refractivity contribution in [1.29, 1.82) is 0 Å². The quantitative estimate of drug-likeness (QED) is 0.312. The van der Waals surface area contributed by atoms with Crippen molar-refractivity contribution in [2.24, 2.45) is 0 Å². The molecule has 1 fully saturated rings. The number of esters is 1. The molecule has 0 spiro atoms. The van der Waals surface area contributed by atoms with Crippen molar-refractivity contribution in [3.05, 3.63) is 65.9 Å². The van der Waals surface area contributed by atoms with Crippen LogP contribution < -0.4 is 10.2 Å². The van der Waals surface area contributed by atoms with Crippen molar-refractivity contribution in [2.75, 3.05) is 56.6 Å². The second-order valence-electron chi connectivity index (χ2n) is 9.44. The van der Waals surface area contributed by atoms with E-state index >= 15 is 0 Å². The average molecular weight is 532 g/mol. The number of pyridine rings is 2. The fourth-order valence-electron chi connectivity index (χ4n) is 4.45. The summed E-state index contributed by atoms with van der Waals surface area (Å²) in [6.45, 7) is 9.08. The number of hydrogen-bond acceptors (Lipinski definition) is 10. The summed E-state index contributed by atoms with van der Waals surface area (Å²) in [5.74, 6) is 1.49. The van der Waals surface area contributed by atoms with Gasteiger partial charge in [0, 0.05) is 51.7 Å². The molecule has 3 aromatic heterocycles. The summed E-state index contributed by atoms with van der Waals surface area (Å²) in [5, 5.41) is 4.13. The molecule has 0 radical (unpaired) electrons. The molecule has 5 rings (SSSR count). The van der Waals surface area contributed by atoms with E-state index in [1.54, 1.807) is 0 Å². The third-order valence-electron chi connectivity index (χ3n) is 6.59. The van der Waals surface area contributed by atoms with E-state index in [-0.39, 0.29) is 5.97 Å². The number of thiazole rings is 1. The molecule has 4 heterocycles. The van der Waals surface area contributed by atoms with Gasteiger partial charge in [0.1, 0.15) is 22.0 Å². The SMILES string of the molecule is CCOC(=O)CN1CCN(Cc2ccnc(Nc3nc4ccc(N(C)c5ccc(C)cc5)nc4s3)c2)CC1. The number of piperazine rings is 1. The first kappa shape index (κ1) is 26.0. The summed E-state index contributed by atoms with van der Waals surface area (Å²) < 4.78 is 5.07. The summed E-state index contributed by atoms with van der Waals surface area (Å²) in [6, 6.07) is 16.5. The smallest absolute Gasteiger partial charge is 0.320 e. The van der Waals surface area contributed by atoms with Crippen LogP contribution in [0.1, 0.15) is 18.1 Å². The van der Waals surface area contributed by atoms with Crippen LogP contribution >= 0.6 is 11.3 Å². The van der Waals surface area contributed by atoms with Crippen LogP contribution in [-0.4, -0.2) is 77.1 Å². The van der Waals surface area contributed by atoms with Crippen molar-refractivity contribution >= 4 is 50.1 Å². The number of carbonyl (C=O) groups is 1. The number of aryl methyl sites for hydroxylation is 1. The van der Waals surface area contributed by atoms with Gasteiger partial charge in [0.2, 0.25) is 0 Å². The molecule has 4 aromatic rings. The number of ether oxygens (including phenoxy) is 1. The lowest BCUT2D eigenvalue weighted by Gasteiger charge is -2.34. The predicted octanol–water partition coefficient (Wildman–Crippen LogP) is 4.59. The van der Waals surface area contributed by atoms with Crippen molar-refractivity contribution in [2.45, 2.75) is 20.4 Å². The highest BCUT2D eigenvalue weighted by atomic mass is 32.1. The molecule has 9 nitrogen and oxygen atoms in total. The first-order chi connectivity index (χ1) is 18.5. The molecule has 1 saturated heterocycles. The maximum atomic E-state index is 11.7. The Balaban J connectivity index is 1.20. The monoisotopic (exact) mass is 531 g/mol. The lowest BCUT2D eigenvalue weighted by molar-refractivity contribution is -0.144. The van der Waals surface area contributed by atoms with E-state index in [1.807, 2.05) is 38.4 Å². The highest BCUT2D eigenvalue weighted by molar-refractivity contribution is 7.21. The largest absolute Gasteiger partial charge is 0.465 e. The first-order valence-electron chi connectivity index (χ1n) is 12.9. The molecule has 0 unspecified atom stereocenters. The van der Waals surface area contributed by atoms with Crippen LogP contribution in [0, 0.1) is 6.92 Å². The number of rotatable bonds is 9. The number of aromatic nitrogens is 3. The van der Waals surface area contributed by atoms with Crippen LogP contribution in [0.15, 0.2) is 54.7 Å². The number of carbonyl (C=O) groups excluding carboxylic acids is 1. The highest BCUT2D eigenvalue weighted by Crippen LogP contribution is 2.30. The highest BCUT2D eigenvalue weighted by Gasteiger charge is 2.19. The van der Waals surface area contributed by atoms with Crippen LogP contribution in [0.3, 0.4) is 0 Å². The maximum absolute atomic E-state index is 11.7. The molecular formula is C28H33N7O2S. The molecule has 0 aliphatic carbocycles. The Bertz CT molecular complexity index is 1380. The first-order valence-corrected chi connectivity index (χ1v) is 13.7. The van der Waals surface area contributed by atoms with Gasteiger partial charge in [-0.2, -0.15) is 0 Å².